The standard InChI is InChI=1S/C4H4ClN3O/c5-4(9)8-6-2-1-3-7-8/h1-3,6H. The van der Waals surface area contributed by atoms with Crippen LogP contribution in [0.3, 0.4) is 0 Å². The van der Waals surface area contributed by atoms with Crippen LogP contribution in [0.5, 0.6) is 0 Å². The molecule has 0 saturated carbocycles. The van der Waals surface area contributed by atoms with Crippen molar-refractivity contribution in [2.24, 2.45) is 5.10 Å². The van der Waals surface area contributed by atoms with Crippen molar-refractivity contribution in [2.45, 2.75) is 0 Å². The van der Waals surface area contributed by atoms with Crippen molar-refractivity contribution in [3.8, 4) is 0 Å². The average Bonchev–Trinajstić information content (AvgIpc) is 1.90. The van der Waals surface area contributed by atoms with E-state index in [-0.39, 0.29) is 0 Å². The Morgan fingerprint density at radius 1 is 1.78 bits per heavy atom. The molecule has 1 aliphatic heterocycles. The Kier molecular flexibility index (Phi) is 1.69. The minimum atomic E-state index is -0.657. The van der Waals surface area contributed by atoms with Crippen molar-refractivity contribution in [1.82, 2.24) is 10.5 Å². The lowest BCUT2D eigenvalue weighted by atomic mass is 10.6. The molecule has 0 aromatic carbocycles. The van der Waals surface area contributed by atoms with Gasteiger partial charge in [-0.2, -0.15) is 5.10 Å². The molecule has 9 heavy (non-hydrogen) atoms. The Hall–Kier alpha value is -1.03. The topological polar surface area (TPSA) is 44.7 Å². The summed E-state index contributed by atoms with van der Waals surface area (Å²) in [6.45, 7) is 0. The number of rotatable bonds is 0. The lowest BCUT2D eigenvalue weighted by molar-refractivity contribution is 0.209. The zero-order valence-corrected chi connectivity index (χ0v) is 5.17. The first-order valence-corrected chi connectivity index (χ1v) is 2.63. The number of carbonyl (C=O) groups is 1. The van der Waals surface area contributed by atoms with Gasteiger partial charge in [-0.1, -0.05) is 0 Å². The van der Waals surface area contributed by atoms with E-state index in [1.54, 1.807) is 12.3 Å². The van der Waals surface area contributed by atoms with Gasteiger partial charge in [-0.3, -0.25) is 10.2 Å². The third-order valence-corrected chi connectivity index (χ3v) is 0.888. The second kappa shape index (κ2) is 2.50. The number of hydrazone groups is 1. The van der Waals surface area contributed by atoms with Crippen LogP contribution in [0.1, 0.15) is 0 Å². The van der Waals surface area contributed by atoms with Crippen LogP contribution in [0.2, 0.25) is 0 Å². The van der Waals surface area contributed by atoms with E-state index in [0.717, 1.165) is 5.12 Å². The fourth-order valence-electron chi connectivity index (χ4n) is 0.391. The first kappa shape index (κ1) is 6.10. The summed E-state index contributed by atoms with van der Waals surface area (Å²) >= 11 is 5.03. The first-order chi connectivity index (χ1) is 4.30. The van der Waals surface area contributed by atoms with Crippen LogP contribution in [-0.2, 0) is 0 Å². The van der Waals surface area contributed by atoms with Crippen molar-refractivity contribution < 1.29 is 4.79 Å². The van der Waals surface area contributed by atoms with E-state index in [9.17, 15) is 4.79 Å². The van der Waals surface area contributed by atoms with Crippen LogP contribution in [0.4, 0.5) is 4.79 Å². The minimum absolute atomic E-state index is 0.657. The van der Waals surface area contributed by atoms with Gasteiger partial charge in [0.1, 0.15) is 0 Å². The van der Waals surface area contributed by atoms with E-state index in [4.69, 9.17) is 11.6 Å². The molecule has 0 atom stereocenters. The molecular formula is C4H4ClN3O. The van der Waals surface area contributed by atoms with E-state index in [0.29, 0.717) is 0 Å². The molecule has 1 amide bonds. The van der Waals surface area contributed by atoms with E-state index in [2.05, 4.69) is 10.5 Å². The second-order valence-electron chi connectivity index (χ2n) is 1.32. The second-order valence-corrected chi connectivity index (χ2v) is 1.64. The summed E-state index contributed by atoms with van der Waals surface area (Å²) < 4.78 is 0. The Morgan fingerprint density at radius 3 is 2.89 bits per heavy atom. The minimum Gasteiger partial charge on any atom is -0.281 e. The van der Waals surface area contributed by atoms with Crippen LogP contribution >= 0.6 is 11.6 Å². The number of nitrogens with zero attached hydrogens (tertiary/aromatic N) is 2. The SMILES string of the molecule is O=C(Cl)N1N=CC=CN1. The number of amides is 1. The monoisotopic (exact) mass is 145 g/mol. The summed E-state index contributed by atoms with van der Waals surface area (Å²) in [7, 11) is 0. The first-order valence-electron chi connectivity index (χ1n) is 2.25. The predicted molar refractivity (Wildman–Crippen MR) is 33.9 cm³/mol. The van der Waals surface area contributed by atoms with Gasteiger partial charge in [0.15, 0.2) is 0 Å². The molecule has 1 rings (SSSR count). The Morgan fingerprint density at radius 2 is 2.56 bits per heavy atom. The number of nitrogens with one attached hydrogen (secondary N) is 1. The third kappa shape index (κ3) is 1.43. The van der Waals surface area contributed by atoms with E-state index >= 15 is 0 Å². The van der Waals surface area contributed by atoms with Crippen LogP contribution in [0, 0.1) is 0 Å². The molecule has 48 valence electrons. The molecular weight excluding hydrogens is 142 g/mol. The molecule has 4 nitrogen and oxygen atoms in total. The van der Waals surface area contributed by atoms with Crippen molar-refractivity contribution in [3.63, 3.8) is 0 Å². The van der Waals surface area contributed by atoms with Gasteiger partial charge in [-0.15, -0.1) is 5.12 Å². The lowest BCUT2D eigenvalue weighted by Crippen LogP contribution is -2.32. The average molecular weight is 146 g/mol. The van der Waals surface area contributed by atoms with E-state index < -0.39 is 5.37 Å². The highest BCUT2D eigenvalue weighted by Gasteiger charge is 2.06. The Bertz CT molecular complexity index is 177. The predicted octanol–water partition coefficient (Wildman–Crippen LogP) is 0.665. The molecule has 0 spiro atoms. The normalized spacial score (nSPS) is 15.4. The fourth-order valence-corrected chi connectivity index (χ4v) is 0.484. The largest absolute Gasteiger partial charge is 0.356 e. The highest BCUT2D eigenvalue weighted by molar-refractivity contribution is 6.62. The zero-order valence-electron chi connectivity index (χ0n) is 4.41. The summed E-state index contributed by atoms with van der Waals surface area (Å²) in [5.74, 6) is 0. The van der Waals surface area contributed by atoms with Crippen LogP contribution in [-0.4, -0.2) is 16.7 Å². The van der Waals surface area contributed by atoms with Crippen molar-refractivity contribution in [1.29, 1.82) is 0 Å². The fraction of sp³-hybridized carbons (Fsp3) is 0. The summed E-state index contributed by atoms with van der Waals surface area (Å²) in [5.41, 5.74) is 2.49. The van der Waals surface area contributed by atoms with Crippen LogP contribution < -0.4 is 5.43 Å². The van der Waals surface area contributed by atoms with Gasteiger partial charge < -0.3 is 0 Å². The Labute approximate surface area is 56.7 Å². The molecule has 0 aromatic rings. The van der Waals surface area contributed by atoms with Gasteiger partial charge in [0.05, 0.1) is 6.21 Å². The summed E-state index contributed by atoms with van der Waals surface area (Å²) in [6.07, 6.45) is 4.65. The molecule has 0 aliphatic carbocycles. The van der Waals surface area contributed by atoms with Gasteiger partial charge >= 0.3 is 5.37 Å². The quantitative estimate of drug-likeness (QED) is 0.402. The molecule has 0 saturated heterocycles. The number of allylic oxidation sites excluding steroid dienone is 1. The highest BCUT2D eigenvalue weighted by atomic mass is 35.5. The van der Waals surface area contributed by atoms with Crippen molar-refractivity contribution >= 4 is 23.2 Å². The van der Waals surface area contributed by atoms with E-state index in [1.807, 2.05) is 0 Å². The lowest BCUT2D eigenvalue weighted by Gasteiger charge is -2.13. The maximum atomic E-state index is 10.3. The molecule has 0 radical (unpaired) electrons. The molecule has 1 heterocycles. The van der Waals surface area contributed by atoms with Gasteiger partial charge in [0.2, 0.25) is 0 Å². The number of hydrogen-bond donors (Lipinski definition) is 1. The number of hydrazine groups is 1. The molecule has 0 fully saturated rings. The van der Waals surface area contributed by atoms with Gasteiger partial charge in [0.25, 0.3) is 0 Å². The maximum Gasteiger partial charge on any atom is 0.356 e. The molecule has 1 N–H and O–H groups in total. The molecule has 0 bridgehead atoms. The number of hydrogen-bond acceptors (Lipinski definition) is 3. The van der Waals surface area contributed by atoms with Gasteiger partial charge in [0, 0.05) is 6.20 Å². The zero-order chi connectivity index (χ0) is 6.69. The highest BCUT2D eigenvalue weighted by Crippen LogP contribution is 1.94. The van der Waals surface area contributed by atoms with Crippen LogP contribution in [0.25, 0.3) is 0 Å². The molecule has 0 aromatic heterocycles. The third-order valence-electron chi connectivity index (χ3n) is 0.728. The van der Waals surface area contributed by atoms with E-state index in [1.165, 1.54) is 6.21 Å². The summed E-state index contributed by atoms with van der Waals surface area (Å²) in [4.78, 5) is 10.3. The number of halogens is 1. The maximum absolute atomic E-state index is 10.3. The smallest absolute Gasteiger partial charge is 0.281 e. The van der Waals surface area contributed by atoms with Crippen molar-refractivity contribution in [2.75, 3.05) is 0 Å². The van der Waals surface area contributed by atoms with Crippen molar-refractivity contribution in [3.05, 3.63) is 12.3 Å². The Balaban J connectivity index is 2.56. The molecule has 1 aliphatic rings. The van der Waals surface area contributed by atoms with Crippen LogP contribution in [0.15, 0.2) is 17.4 Å². The van der Waals surface area contributed by atoms with Gasteiger partial charge in [-0.05, 0) is 17.7 Å². The number of carbonyl (C=O) groups excluding carboxylic acids is 1. The van der Waals surface area contributed by atoms with Gasteiger partial charge in [-0.25, -0.2) is 0 Å². The molecule has 0 unspecified atom stereocenters. The molecule has 5 heteroatoms. The summed E-state index contributed by atoms with van der Waals surface area (Å²) in [5, 5.41) is 3.82. The summed E-state index contributed by atoms with van der Waals surface area (Å²) in [6, 6.07) is 0.